The molecule has 0 aliphatic carbocycles. The highest BCUT2D eigenvalue weighted by atomic mass is 16.7. The second kappa shape index (κ2) is 10.2. The summed E-state index contributed by atoms with van der Waals surface area (Å²) in [5.74, 6) is 0.906. The second-order valence-corrected chi connectivity index (χ2v) is 7.07. The van der Waals surface area contributed by atoms with Crippen LogP contribution >= 0.6 is 0 Å². The molecule has 0 aromatic carbocycles. The third kappa shape index (κ3) is 10.2. The molecule has 0 aromatic rings. The first-order valence-electron chi connectivity index (χ1n) is 8.10. The zero-order valence-corrected chi connectivity index (χ0v) is 14.5. The number of hydrogen-bond donors (Lipinski definition) is 0. The first-order chi connectivity index (χ1) is 9.30. The molecule has 0 fully saturated rings. The molecule has 3 nitrogen and oxygen atoms in total. The van der Waals surface area contributed by atoms with Crippen molar-refractivity contribution in [3.8, 4) is 0 Å². The fourth-order valence-corrected chi connectivity index (χ4v) is 2.45. The van der Waals surface area contributed by atoms with E-state index in [4.69, 9.17) is 4.84 Å². The van der Waals surface area contributed by atoms with Gasteiger partial charge in [0.1, 0.15) is 0 Å². The van der Waals surface area contributed by atoms with Gasteiger partial charge in [0, 0.05) is 13.5 Å². The lowest BCUT2D eigenvalue weighted by atomic mass is 9.83. The van der Waals surface area contributed by atoms with E-state index in [-0.39, 0.29) is 5.91 Å². The molecule has 0 saturated carbocycles. The molecule has 1 atom stereocenters. The Morgan fingerprint density at radius 2 is 1.80 bits per heavy atom. The number of carbonyl (C=O) groups is 1. The zero-order valence-electron chi connectivity index (χ0n) is 14.5. The monoisotopic (exact) mass is 285 g/mol. The van der Waals surface area contributed by atoms with Crippen molar-refractivity contribution in [1.82, 2.24) is 5.06 Å². The standard InChI is InChI=1S/C17H35NO2/c1-7-10-15(13-14-17(2,3)4)11-8-9-12-16(19)18(5)20-6/h15H,7-14H2,1-6H3/t15-/m1/s1. The Balaban J connectivity index is 3.89. The van der Waals surface area contributed by atoms with Crippen molar-refractivity contribution in [1.29, 1.82) is 0 Å². The van der Waals surface area contributed by atoms with Gasteiger partial charge in [-0.1, -0.05) is 53.4 Å². The van der Waals surface area contributed by atoms with Crippen molar-refractivity contribution in [3.63, 3.8) is 0 Å². The number of nitrogens with zero attached hydrogens (tertiary/aromatic N) is 1. The molecule has 20 heavy (non-hydrogen) atoms. The molecule has 0 bridgehead atoms. The molecule has 3 heteroatoms. The van der Waals surface area contributed by atoms with Crippen LogP contribution in [0.15, 0.2) is 0 Å². The van der Waals surface area contributed by atoms with Crippen molar-refractivity contribution in [3.05, 3.63) is 0 Å². The van der Waals surface area contributed by atoms with Gasteiger partial charge in [0.05, 0.1) is 7.11 Å². The van der Waals surface area contributed by atoms with Crippen molar-refractivity contribution in [2.75, 3.05) is 14.2 Å². The summed E-state index contributed by atoms with van der Waals surface area (Å²) in [4.78, 5) is 16.5. The van der Waals surface area contributed by atoms with Crippen LogP contribution < -0.4 is 0 Å². The van der Waals surface area contributed by atoms with Gasteiger partial charge >= 0.3 is 0 Å². The molecule has 0 rings (SSSR count). The van der Waals surface area contributed by atoms with E-state index >= 15 is 0 Å². The highest BCUT2D eigenvalue weighted by Crippen LogP contribution is 2.28. The fourth-order valence-electron chi connectivity index (χ4n) is 2.45. The number of carbonyl (C=O) groups excluding carboxylic acids is 1. The molecule has 1 amide bonds. The topological polar surface area (TPSA) is 29.5 Å². The molecule has 0 saturated heterocycles. The highest BCUT2D eigenvalue weighted by molar-refractivity contribution is 5.74. The van der Waals surface area contributed by atoms with Gasteiger partial charge in [-0.05, 0) is 30.6 Å². The van der Waals surface area contributed by atoms with E-state index in [9.17, 15) is 4.79 Å². The lowest BCUT2D eigenvalue weighted by molar-refractivity contribution is -0.168. The zero-order chi connectivity index (χ0) is 15.6. The highest BCUT2D eigenvalue weighted by Gasteiger charge is 2.15. The molecule has 0 aliphatic rings. The number of unbranched alkanes of at least 4 members (excludes halogenated alkanes) is 1. The van der Waals surface area contributed by atoms with E-state index in [1.54, 1.807) is 7.05 Å². The van der Waals surface area contributed by atoms with E-state index in [1.807, 2.05) is 0 Å². The van der Waals surface area contributed by atoms with Crippen LogP contribution in [0.2, 0.25) is 0 Å². The molecule has 0 unspecified atom stereocenters. The minimum absolute atomic E-state index is 0.0780. The maximum atomic E-state index is 11.6. The Bertz CT molecular complexity index is 258. The summed E-state index contributed by atoms with van der Waals surface area (Å²) in [6.45, 7) is 9.21. The predicted octanol–water partition coefficient (Wildman–Crippen LogP) is 4.81. The molecule has 0 aliphatic heterocycles. The van der Waals surface area contributed by atoms with Gasteiger partial charge in [0.25, 0.3) is 0 Å². The summed E-state index contributed by atoms with van der Waals surface area (Å²) >= 11 is 0. The summed E-state index contributed by atoms with van der Waals surface area (Å²) in [6.07, 6.45) is 9.19. The molecule has 0 radical (unpaired) electrons. The summed E-state index contributed by atoms with van der Waals surface area (Å²) in [7, 11) is 3.20. The maximum absolute atomic E-state index is 11.6. The van der Waals surface area contributed by atoms with Crippen LogP contribution in [0.4, 0.5) is 0 Å². The average Bonchev–Trinajstić information content (AvgIpc) is 2.38. The third-order valence-electron chi connectivity index (χ3n) is 3.88. The molecule has 120 valence electrons. The minimum Gasteiger partial charge on any atom is -0.275 e. The largest absolute Gasteiger partial charge is 0.275 e. The Labute approximate surface area is 126 Å². The summed E-state index contributed by atoms with van der Waals surface area (Å²) < 4.78 is 0. The SMILES string of the molecule is CCC[C@H](CCCCC(=O)N(C)OC)CCC(C)(C)C. The normalized spacial score (nSPS) is 13.3. The van der Waals surface area contributed by atoms with E-state index in [1.165, 1.54) is 44.3 Å². The second-order valence-electron chi connectivity index (χ2n) is 7.07. The van der Waals surface area contributed by atoms with Crippen LogP contribution in [0.3, 0.4) is 0 Å². The van der Waals surface area contributed by atoms with E-state index < -0.39 is 0 Å². The maximum Gasteiger partial charge on any atom is 0.245 e. The van der Waals surface area contributed by atoms with E-state index in [2.05, 4.69) is 27.7 Å². The van der Waals surface area contributed by atoms with Gasteiger partial charge in [0.15, 0.2) is 0 Å². The molecule has 0 heterocycles. The number of hydroxylamine groups is 2. The quantitative estimate of drug-likeness (QED) is 0.426. The number of amides is 1. The van der Waals surface area contributed by atoms with Crippen LogP contribution in [-0.2, 0) is 9.63 Å². The number of rotatable bonds is 10. The van der Waals surface area contributed by atoms with Gasteiger partial charge in [-0.15, -0.1) is 0 Å². The van der Waals surface area contributed by atoms with Crippen molar-refractivity contribution in [2.24, 2.45) is 11.3 Å². The predicted molar refractivity (Wildman–Crippen MR) is 85.3 cm³/mol. The van der Waals surface area contributed by atoms with Gasteiger partial charge in [-0.2, -0.15) is 0 Å². The Morgan fingerprint density at radius 1 is 1.15 bits per heavy atom. The van der Waals surface area contributed by atoms with E-state index in [0.29, 0.717) is 11.8 Å². The molecular formula is C17H35NO2. The fraction of sp³-hybridized carbons (Fsp3) is 0.941. The van der Waals surface area contributed by atoms with Gasteiger partial charge in [-0.25, -0.2) is 5.06 Å². The van der Waals surface area contributed by atoms with Crippen molar-refractivity contribution in [2.45, 2.75) is 79.1 Å². The lowest BCUT2D eigenvalue weighted by Crippen LogP contribution is -2.24. The van der Waals surface area contributed by atoms with Crippen LogP contribution in [0.25, 0.3) is 0 Å². The molecule has 0 N–H and O–H groups in total. The van der Waals surface area contributed by atoms with Crippen LogP contribution in [-0.4, -0.2) is 25.1 Å². The van der Waals surface area contributed by atoms with Crippen LogP contribution in [0, 0.1) is 11.3 Å². The molecule has 0 spiro atoms. The van der Waals surface area contributed by atoms with Crippen molar-refractivity contribution >= 4 is 5.91 Å². The summed E-state index contributed by atoms with van der Waals surface area (Å²) in [5, 5.41) is 1.32. The minimum atomic E-state index is 0.0780. The average molecular weight is 285 g/mol. The molecular weight excluding hydrogens is 250 g/mol. The summed E-state index contributed by atoms with van der Waals surface area (Å²) in [5.41, 5.74) is 0.434. The third-order valence-corrected chi connectivity index (χ3v) is 3.88. The lowest BCUT2D eigenvalue weighted by Gasteiger charge is -2.23. The van der Waals surface area contributed by atoms with E-state index in [0.717, 1.165) is 18.8 Å². The smallest absolute Gasteiger partial charge is 0.245 e. The van der Waals surface area contributed by atoms with Crippen molar-refractivity contribution < 1.29 is 9.63 Å². The first kappa shape index (κ1) is 19.4. The summed E-state index contributed by atoms with van der Waals surface area (Å²) in [6, 6.07) is 0. The first-order valence-corrected chi connectivity index (χ1v) is 8.10. The number of hydrogen-bond acceptors (Lipinski definition) is 2. The van der Waals surface area contributed by atoms with Crippen LogP contribution in [0.5, 0.6) is 0 Å². The Morgan fingerprint density at radius 3 is 2.30 bits per heavy atom. The molecule has 0 aromatic heterocycles. The van der Waals surface area contributed by atoms with Gasteiger partial charge < -0.3 is 0 Å². The van der Waals surface area contributed by atoms with Gasteiger partial charge in [0.2, 0.25) is 5.91 Å². The van der Waals surface area contributed by atoms with Gasteiger partial charge in [-0.3, -0.25) is 9.63 Å². The Hall–Kier alpha value is -0.570. The van der Waals surface area contributed by atoms with Crippen LogP contribution in [0.1, 0.15) is 79.1 Å². The Kier molecular flexibility index (Phi) is 9.91.